The van der Waals surface area contributed by atoms with Crippen molar-refractivity contribution in [2.45, 2.75) is 0 Å². The summed E-state index contributed by atoms with van der Waals surface area (Å²) in [7, 11) is 0. The van der Waals surface area contributed by atoms with Crippen molar-refractivity contribution in [1.82, 2.24) is 4.98 Å². The molecule has 4 heteroatoms. The van der Waals surface area contributed by atoms with Crippen LogP contribution in [0.15, 0.2) is 18.3 Å². The van der Waals surface area contributed by atoms with E-state index in [0.29, 0.717) is 0 Å². The molecule has 0 aliphatic heterocycles. The first-order valence-electron chi connectivity index (χ1n) is 1.49. The summed E-state index contributed by atoms with van der Waals surface area (Å²) in [5, 5.41) is 0. The molecule has 8 heavy (non-hydrogen) atoms. The Morgan fingerprint density at radius 2 is 1.88 bits per heavy atom. The van der Waals surface area contributed by atoms with Gasteiger partial charge in [0.05, 0.1) is 0 Å². The smallest absolute Gasteiger partial charge is 0.693 e. The molecule has 5 N–H and O–H groups in total. The van der Waals surface area contributed by atoms with Crippen molar-refractivity contribution >= 4 is 0 Å². The van der Waals surface area contributed by atoms with E-state index in [0.717, 1.165) is 0 Å². The SMILES string of the molecule is [NH2-].[NH2-].[V+2].[c-]1ccc[nH]1. The summed E-state index contributed by atoms with van der Waals surface area (Å²) < 4.78 is 0. The van der Waals surface area contributed by atoms with E-state index in [9.17, 15) is 0 Å². The van der Waals surface area contributed by atoms with Crippen LogP contribution in [0.3, 0.4) is 0 Å². The van der Waals surface area contributed by atoms with E-state index in [2.05, 4.69) is 11.2 Å². The van der Waals surface area contributed by atoms with Crippen molar-refractivity contribution in [3.63, 3.8) is 0 Å². The molecule has 1 radical (unpaired) electrons. The van der Waals surface area contributed by atoms with Crippen LogP contribution in [0.1, 0.15) is 0 Å². The maximum atomic E-state index is 2.74. The Labute approximate surface area is 60.9 Å². The predicted molar refractivity (Wildman–Crippen MR) is 30.2 cm³/mol. The molecule has 1 rings (SSSR count). The van der Waals surface area contributed by atoms with Crippen molar-refractivity contribution in [2.24, 2.45) is 0 Å². The van der Waals surface area contributed by atoms with Crippen molar-refractivity contribution < 1.29 is 18.6 Å². The van der Waals surface area contributed by atoms with E-state index in [1.165, 1.54) is 0 Å². The second-order valence-electron chi connectivity index (χ2n) is 0.814. The van der Waals surface area contributed by atoms with Crippen LogP contribution < -0.4 is 0 Å². The van der Waals surface area contributed by atoms with Crippen LogP contribution in [-0.4, -0.2) is 4.98 Å². The predicted octanol–water partition coefficient (Wildman–Crippen LogP) is 2.25. The van der Waals surface area contributed by atoms with Gasteiger partial charge in [-0.05, 0) is 0 Å². The van der Waals surface area contributed by atoms with E-state index in [4.69, 9.17) is 0 Å². The number of nitrogens with one attached hydrogen (secondary N) is 1. The molecule has 1 aromatic rings. The van der Waals surface area contributed by atoms with Gasteiger partial charge < -0.3 is 17.3 Å². The average molecular weight is 149 g/mol. The molecule has 3 nitrogen and oxygen atoms in total. The van der Waals surface area contributed by atoms with Crippen molar-refractivity contribution in [3.8, 4) is 0 Å². The molecule has 0 aromatic carbocycles. The number of hydrogen-bond donors (Lipinski definition) is 1. The summed E-state index contributed by atoms with van der Waals surface area (Å²) in [6, 6.07) is 3.71. The van der Waals surface area contributed by atoms with E-state index >= 15 is 0 Å². The molecule has 0 unspecified atom stereocenters. The van der Waals surface area contributed by atoms with Gasteiger partial charge in [-0.25, -0.2) is 0 Å². The van der Waals surface area contributed by atoms with Gasteiger partial charge in [-0.2, -0.15) is 18.3 Å². The number of H-pyrrole nitrogens is 1. The summed E-state index contributed by atoms with van der Waals surface area (Å²) in [6.07, 6.45) is 4.56. The molecular formula is C4H8N3V-. The minimum atomic E-state index is 0. The second-order valence-corrected chi connectivity index (χ2v) is 0.814. The molecule has 0 aliphatic carbocycles. The van der Waals surface area contributed by atoms with Gasteiger partial charge >= 0.3 is 18.6 Å². The third-order valence-corrected chi connectivity index (χ3v) is 0.442. The monoisotopic (exact) mass is 149 g/mol. The van der Waals surface area contributed by atoms with Crippen molar-refractivity contribution in [1.29, 1.82) is 0 Å². The summed E-state index contributed by atoms with van der Waals surface area (Å²) in [4.78, 5) is 2.74. The minimum absolute atomic E-state index is 0. The molecule has 0 bridgehead atoms. The normalized spacial score (nSPS) is 5.00. The second kappa shape index (κ2) is 9.92. The quantitative estimate of drug-likeness (QED) is 0.548. The van der Waals surface area contributed by atoms with Crippen LogP contribution in [0.25, 0.3) is 12.3 Å². The zero-order valence-electron chi connectivity index (χ0n) is 4.33. The molecule has 1 aromatic heterocycles. The van der Waals surface area contributed by atoms with Gasteiger partial charge in [0, 0.05) is 0 Å². The molecule has 0 aliphatic rings. The fourth-order valence-corrected chi connectivity index (χ4v) is 0.241. The first-order chi connectivity index (χ1) is 2.50. The third-order valence-electron chi connectivity index (χ3n) is 0.442. The molecule has 1 heterocycles. The molecule has 0 spiro atoms. The maximum Gasteiger partial charge on any atom is 2.00 e. The zero-order valence-corrected chi connectivity index (χ0v) is 5.73. The van der Waals surface area contributed by atoms with Crippen molar-refractivity contribution in [2.75, 3.05) is 0 Å². The number of nitrogens with two attached hydrogens (primary N) is 2. The summed E-state index contributed by atoms with van der Waals surface area (Å²) in [5.41, 5.74) is 0. The van der Waals surface area contributed by atoms with Gasteiger partial charge in [0.2, 0.25) is 0 Å². The first kappa shape index (κ1) is 15.7. The van der Waals surface area contributed by atoms with Gasteiger partial charge in [0.25, 0.3) is 0 Å². The maximum absolute atomic E-state index is 2.74. The van der Waals surface area contributed by atoms with Crippen LogP contribution in [0, 0.1) is 6.20 Å². The van der Waals surface area contributed by atoms with Gasteiger partial charge in [0.1, 0.15) is 0 Å². The molecule has 0 saturated heterocycles. The first-order valence-corrected chi connectivity index (χ1v) is 1.49. The van der Waals surface area contributed by atoms with Crippen LogP contribution in [0.2, 0.25) is 0 Å². The fourth-order valence-electron chi connectivity index (χ4n) is 0.241. The molecule has 0 saturated carbocycles. The van der Waals surface area contributed by atoms with Gasteiger partial charge in [-0.15, -0.1) is 6.20 Å². The van der Waals surface area contributed by atoms with Crippen LogP contribution >= 0.6 is 0 Å². The number of hydrogen-bond acceptors (Lipinski definition) is 0. The third kappa shape index (κ3) is 5.78. The van der Waals surface area contributed by atoms with Gasteiger partial charge in [0.15, 0.2) is 0 Å². The fraction of sp³-hybridized carbons (Fsp3) is 0. The standard InChI is InChI=1S/C4H4N.2H2N.V/c1-2-4-5-3-1;;;/h1-3,5H;2*1H2;/q3*-1;+2. The summed E-state index contributed by atoms with van der Waals surface area (Å²) >= 11 is 0. The summed E-state index contributed by atoms with van der Waals surface area (Å²) in [6.45, 7) is 0. The number of rotatable bonds is 0. The summed E-state index contributed by atoms with van der Waals surface area (Å²) in [5.74, 6) is 0. The number of aromatic nitrogens is 1. The molecule has 0 atom stereocenters. The topological polar surface area (TPSA) is 82.8 Å². The van der Waals surface area contributed by atoms with E-state index in [1.54, 1.807) is 0 Å². The van der Waals surface area contributed by atoms with Gasteiger partial charge in [-0.3, -0.25) is 0 Å². The van der Waals surface area contributed by atoms with Crippen LogP contribution in [-0.2, 0) is 18.6 Å². The van der Waals surface area contributed by atoms with Gasteiger partial charge in [-0.1, -0.05) is 0 Å². The van der Waals surface area contributed by atoms with E-state index in [-0.39, 0.29) is 30.9 Å². The number of aromatic amines is 1. The zero-order chi connectivity index (χ0) is 3.54. The Morgan fingerprint density at radius 1 is 1.25 bits per heavy atom. The average Bonchev–Trinajstić information content (AvgIpc) is 1.76. The van der Waals surface area contributed by atoms with Crippen LogP contribution in [0.4, 0.5) is 0 Å². The molecule has 45 valence electrons. The Hall–Kier alpha value is -0.216. The molecule has 0 fully saturated rings. The minimum Gasteiger partial charge on any atom is -0.693 e. The Balaban J connectivity index is -0.0000000833. The van der Waals surface area contributed by atoms with E-state index in [1.807, 2.05) is 18.3 Å². The largest absolute Gasteiger partial charge is 2.00 e. The molecule has 0 amide bonds. The van der Waals surface area contributed by atoms with Crippen LogP contribution in [0.5, 0.6) is 0 Å². The van der Waals surface area contributed by atoms with Crippen molar-refractivity contribution in [3.05, 3.63) is 36.8 Å². The molecular weight excluding hydrogens is 141 g/mol. The Bertz CT molecular complexity index is 67.8. The van der Waals surface area contributed by atoms with E-state index < -0.39 is 0 Å². The Kier molecular flexibility index (Phi) is 19.4. The Morgan fingerprint density at radius 3 is 2.00 bits per heavy atom.